The Labute approximate surface area is 124 Å². The van der Waals surface area contributed by atoms with E-state index in [4.69, 9.17) is 16.0 Å². The van der Waals surface area contributed by atoms with Gasteiger partial charge in [0.2, 0.25) is 5.89 Å². The topological polar surface area (TPSA) is 43.1 Å². The molecule has 0 bridgehead atoms. The number of halogens is 2. The Bertz CT molecular complexity index is 885. The highest BCUT2D eigenvalue weighted by Crippen LogP contribution is 2.21. The summed E-state index contributed by atoms with van der Waals surface area (Å²) in [5.74, 6) is -0.302. The van der Waals surface area contributed by atoms with Gasteiger partial charge in [0, 0.05) is 0 Å². The lowest BCUT2D eigenvalue weighted by Crippen LogP contribution is -2.03. The molecule has 0 N–H and O–H groups in total. The molecule has 2 aromatic carbocycles. The summed E-state index contributed by atoms with van der Waals surface area (Å²) in [6.45, 7) is 0. The van der Waals surface area contributed by atoms with Crippen molar-refractivity contribution in [3.63, 3.8) is 0 Å². The normalized spacial score (nSPS) is 11.8. The summed E-state index contributed by atoms with van der Waals surface area (Å²) < 4.78 is 18.0. The molecular weight excluding hydrogens is 293 g/mol. The number of para-hydroxylation sites is 1. The van der Waals surface area contributed by atoms with Gasteiger partial charge in [0.05, 0.1) is 10.9 Å². The molecule has 0 aliphatic heterocycles. The molecule has 3 aromatic rings. The average molecular weight is 302 g/mol. The van der Waals surface area contributed by atoms with Gasteiger partial charge < -0.3 is 4.42 Å². The molecule has 3 rings (SSSR count). The second kappa shape index (κ2) is 5.50. The van der Waals surface area contributed by atoms with Crippen molar-refractivity contribution in [1.29, 1.82) is 0 Å². The van der Waals surface area contributed by atoms with E-state index in [2.05, 4.69) is 4.98 Å². The molecular formula is C16H9ClFNO2. The van der Waals surface area contributed by atoms with Crippen molar-refractivity contribution in [2.45, 2.75) is 0 Å². The lowest BCUT2D eigenvalue weighted by atomic mass is 10.2. The van der Waals surface area contributed by atoms with Crippen LogP contribution in [0.25, 0.3) is 22.0 Å². The first-order chi connectivity index (χ1) is 10.1. The van der Waals surface area contributed by atoms with Crippen molar-refractivity contribution in [3.05, 3.63) is 76.2 Å². The smallest absolute Gasteiger partial charge is 0.347 e. The third-order valence-corrected chi connectivity index (χ3v) is 3.17. The van der Waals surface area contributed by atoms with Gasteiger partial charge in [-0.05, 0) is 35.9 Å². The lowest BCUT2D eigenvalue weighted by Gasteiger charge is -2.00. The van der Waals surface area contributed by atoms with E-state index in [1.54, 1.807) is 42.5 Å². The van der Waals surface area contributed by atoms with Gasteiger partial charge >= 0.3 is 5.63 Å². The fourth-order valence-corrected chi connectivity index (χ4v) is 2.09. The monoisotopic (exact) mass is 301 g/mol. The molecule has 0 aliphatic rings. The van der Waals surface area contributed by atoms with Crippen molar-refractivity contribution in [2.24, 2.45) is 0 Å². The zero-order valence-corrected chi connectivity index (χ0v) is 11.5. The summed E-state index contributed by atoms with van der Waals surface area (Å²) in [4.78, 5) is 16.1. The minimum atomic E-state index is -0.499. The summed E-state index contributed by atoms with van der Waals surface area (Å²) in [5, 5.41) is 0.567. The maximum absolute atomic E-state index is 12.8. The third kappa shape index (κ3) is 2.85. The number of hydrogen-bond donors (Lipinski definition) is 0. The molecule has 0 amide bonds. The second-order valence-electron chi connectivity index (χ2n) is 4.37. The molecule has 1 heterocycles. The molecule has 104 valence electrons. The minimum Gasteiger partial charge on any atom is -0.402 e. The summed E-state index contributed by atoms with van der Waals surface area (Å²) in [5.41, 5.74) is 0.690. The van der Waals surface area contributed by atoms with Crippen molar-refractivity contribution in [3.8, 4) is 0 Å². The van der Waals surface area contributed by atoms with Crippen LogP contribution in [-0.4, -0.2) is 4.98 Å². The molecule has 1 aromatic heterocycles. The first-order valence-corrected chi connectivity index (χ1v) is 6.54. The predicted molar refractivity (Wildman–Crippen MR) is 80.4 cm³/mol. The Kier molecular flexibility index (Phi) is 3.54. The van der Waals surface area contributed by atoms with Gasteiger partial charge in [-0.25, -0.2) is 14.2 Å². The zero-order valence-electron chi connectivity index (χ0n) is 10.7. The molecule has 0 unspecified atom stereocenters. The molecule has 0 saturated heterocycles. The van der Waals surface area contributed by atoms with Crippen molar-refractivity contribution in [2.75, 3.05) is 0 Å². The molecule has 0 atom stereocenters. The van der Waals surface area contributed by atoms with Crippen LogP contribution in [0.1, 0.15) is 11.5 Å². The van der Waals surface area contributed by atoms with E-state index in [9.17, 15) is 9.18 Å². The largest absolute Gasteiger partial charge is 0.402 e. The van der Waals surface area contributed by atoms with E-state index in [-0.39, 0.29) is 16.7 Å². The molecule has 0 fully saturated rings. The highest BCUT2D eigenvalue weighted by Gasteiger charge is 2.09. The first-order valence-electron chi connectivity index (χ1n) is 6.16. The van der Waals surface area contributed by atoms with Crippen LogP contribution in [0, 0.1) is 5.82 Å². The van der Waals surface area contributed by atoms with Crippen LogP contribution in [0.15, 0.2) is 57.7 Å². The Morgan fingerprint density at radius 2 is 1.86 bits per heavy atom. The zero-order chi connectivity index (χ0) is 14.8. The van der Waals surface area contributed by atoms with Gasteiger partial charge in [-0.15, -0.1) is 0 Å². The number of benzene rings is 2. The molecule has 0 saturated carbocycles. The highest BCUT2D eigenvalue weighted by molar-refractivity contribution is 6.50. The average Bonchev–Trinajstić information content (AvgIpc) is 2.49. The molecule has 3 nitrogen and oxygen atoms in total. The Hall–Kier alpha value is -2.46. The number of aromatic nitrogens is 1. The number of rotatable bonds is 2. The van der Waals surface area contributed by atoms with E-state index in [1.807, 2.05) is 0 Å². The van der Waals surface area contributed by atoms with E-state index in [0.29, 0.717) is 16.5 Å². The quantitative estimate of drug-likeness (QED) is 0.717. The van der Waals surface area contributed by atoms with Gasteiger partial charge in [-0.3, -0.25) is 0 Å². The lowest BCUT2D eigenvalue weighted by molar-refractivity contribution is 0.489. The summed E-state index contributed by atoms with van der Waals surface area (Å²) >= 11 is 6.13. The van der Waals surface area contributed by atoms with E-state index in [1.165, 1.54) is 12.1 Å². The van der Waals surface area contributed by atoms with Crippen molar-refractivity contribution in [1.82, 2.24) is 4.98 Å². The Morgan fingerprint density at radius 1 is 1.14 bits per heavy atom. The van der Waals surface area contributed by atoms with Crippen LogP contribution in [0.2, 0.25) is 0 Å². The third-order valence-electron chi connectivity index (χ3n) is 2.90. The maximum Gasteiger partial charge on any atom is 0.347 e. The fourth-order valence-electron chi connectivity index (χ4n) is 1.89. The van der Waals surface area contributed by atoms with Crippen molar-refractivity contribution >= 4 is 33.6 Å². The molecule has 0 spiro atoms. The molecule has 0 aliphatic carbocycles. The number of hydrogen-bond acceptors (Lipinski definition) is 3. The van der Waals surface area contributed by atoms with Gasteiger partial charge in [0.1, 0.15) is 10.8 Å². The van der Waals surface area contributed by atoms with Crippen LogP contribution in [0.4, 0.5) is 4.39 Å². The number of nitrogens with zero attached hydrogens (tertiary/aromatic N) is 1. The van der Waals surface area contributed by atoms with Crippen LogP contribution < -0.4 is 5.63 Å². The van der Waals surface area contributed by atoms with E-state index in [0.717, 1.165) is 0 Å². The summed E-state index contributed by atoms with van der Waals surface area (Å²) in [7, 11) is 0. The minimum absolute atomic E-state index is 0.0321. The first kappa shape index (κ1) is 13.5. The van der Waals surface area contributed by atoms with Gasteiger partial charge in [-0.2, -0.15) is 0 Å². The van der Waals surface area contributed by atoms with Crippen molar-refractivity contribution < 1.29 is 8.81 Å². The van der Waals surface area contributed by atoms with E-state index < -0.39 is 5.63 Å². The molecule has 0 radical (unpaired) electrons. The SMILES string of the molecule is O=c1oc(/C(Cl)=C/c2ccc(F)cc2)nc2ccccc12. The van der Waals surface area contributed by atoms with Gasteiger partial charge in [0.25, 0.3) is 0 Å². The summed E-state index contributed by atoms with van der Waals surface area (Å²) in [6, 6.07) is 12.6. The molecule has 21 heavy (non-hydrogen) atoms. The van der Waals surface area contributed by atoms with E-state index >= 15 is 0 Å². The van der Waals surface area contributed by atoms with Gasteiger partial charge in [-0.1, -0.05) is 35.9 Å². The Balaban J connectivity index is 2.07. The fraction of sp³-hybridized carbons (Fsp3) is 0. The second-order valence-corrected chi connectivity index (χ2v) is 4.77. The standard InChI is InChI=1S/C16H9ClFNO2/c17-13(9-10-5-7-11(18)8-6-10)15-19-14-4-2-1-3-12(14)16(20)21-15/h1-9H/b13-9-. The highest BCUT2D eigenvalue weighted by atomic mass is 35.5. The Morgan fingerprint density at radius 3 is 2.62 bits per heavy atom. The number of fused-ring (bicyclic) bond motifs is 1. The van der Waals surface area contributed by atoms with Crippen LogP contribution in [-0.2, 0) is 0 Å². The summed E-state index contributed by atoms with van der Waals surface area (Å²) in [6.07, 6.45) is 1.56. The van der Waals surface area contributed by atoms with Crippen LogP contribution >= 0.6 is 11.6 Å². The van der Waals surface area contributed by atoms with Crippen LogP contribution in [0.3, 0.4) is 0 Å². The predicted octanol–water partition coefficient (Wildman–Crippen LogP) is 4.06. The molecule has 5 heteroatoms. The van der Waals surface area contributed by atoms with Gasteiger partial charge in [0.15, 0.2) is 0 Å². The maximum atomic E-state index is 12.8. The van der Waals surface area contributed by atoms with Crippen LogP contribution in [0.5, 0.6) is 0 Å².